The number of benzene rings is 1. The van der Waals surface area contributed by atoms with Crippen molar-refractivity contribution in [3.63, 3.8) is 0 Å². The lowest BCUT2D eigenvalue weighted by molar-refractivity contribution is 0.121. The van der Waals surface area contributed by atoms with Crippen LogP contribution in [0.4, 0.5) is 5.88 Å². The summed E-state index contributed by atoms with van der Waals surface area (Å²) in [6.07, 6.45) is 0. The Morgan fingerprint density at radius 2 is 1.97 bits per heavy atom. The molecule has 9 nitrogen and oxygen atoms in total. The molecule has 0 N–H and O–H groups in total. The van der Waals surface area contributed by atoms with Crippen LogP contribution < -0.4 is 15.1 Å². The van der Waals surface area contributed by atoms with Crippen molar-refractivity contribution in [2.24, 2.45) is 0 Å². The Bertz CT molecular complexity index is 1080. The molecule has 0 saturated carbocycles. The van der Waals surface area contributed by atoms with Gasteiger partial charge in [-0.05, 0) is 50.3 Å². The van der Waals surface area contributed by atoms with Gasteiger partial charge in [0.25, 0.3) is 0 Å². The molecule has 0 atom stereocenters. The predicted octanol–water partition coefficient (Wildman–Crippen LogP) is 2.26. The van der Waals surface area contributed by atoms with Crippen molar-refractivity contribution in [3.05, 3.63) is 39.8 Å². The second-order valence-electron chi connectivity index (χ2n) is 8.08. The lowest BCUT2D eigenvalue weighted by atomic mass is 10.1. The van der Waals surface area contributed by atoms with Crippen LogP contribution in [0.3, 0.4) is 0 Å². The number of nitrogens with zero attached hydrogens (tertiary/aromatic N) is 5. The first-order valence-electron chi connectivity index (χ1n) is 9.65. The summed E-state index contributed by atoms with van der Waals surface area (Å²) < 4.78 is 19.2. The van der Waals surface area contributed by atoms with Crippen LogP contribution in [0.25, 0.3) is 11.0 Å². The van der Waals surface area contributed by atoms with Gasteiger partial charge in [0, 0.05) is 24.7 Å². The van der Waals surface area contributed by atoms with Crippen LogP contribution in [-0.2, 0) is 16.9 Å². The van der Waals surface area contributed by atoms with Crippen molar-refractivity contribution < 1.29 is 13.9 Å². The van der Waals surface area contributed by atoms with Gasteiger partial charge in [-0.15, -0.1) is 5.10 Å². The zero-order valence-electron chi connectivity index (χ0n) is 17.1. The number of aryl methyl sites for hydroxylation is 1. The van der Waals surface area contributed by atoms with Gasteiger partial charge in [-0.3, -0.25) is 4.79 Å². The summed E-state index contributed by atoms with van der Waals surface area (Å²) in [5.74, 6) is 1.81. The molecule has 1 aliphatic heterocycles. The minimum Gasteiger partial charge on any atom is -0.485 e. The van der Waals surface area contributed by atoms with Gasteiger partial charge in [-0.1, -0.05) is 0 Å². The number of rotatable bonds is 4. The molecule has 0 amide bonds. The third-order valence-corrected chi connectivity index (χ3v) is 4.93. The predicted molar refractivity (Wildman–Crippen MR) is 107 cm³/mol. The maximum atomic E-state index is 12.6. The average Bonchev–Trinajstić information content (AvgIpc) is 3.18. The van der Waals surface area contributed by atoms with E-state index >= 15 is 0 Å². The zero-order chi connectivity index (χ0) is 20.6. The molecule has 0 radical (unpaired) electrons. The third kappa shape index (κ3) is 3.82. The van der Waals surface area contributed by atoms with Crippen LogP contribution in [0.15, 0.2) is 27.4 Å². The number of ether oxygens (including phenoxy) is 2. The Morgan fingerprint density at radius 3 is 2.69 bits per heavy atom. The molecule has 1 aliphatic rings. The molecule has 1 aromatic carbocycles. The van der Waals surface area contributed by atoms with E-state index in [0.717, 1.165) is 5.56 Å². The fourth-order valence-electron chi connectivity index (χ4n) is 3.38. The maximum absolute atomic E-state index is 12.6. The van der Waals surface area contributed by atoms with Crippen molar-refractivity contribution in [2.75, 3.05) is 31.2 Å². The highest BCUT2D eigenvalue weighted by atomic mass is 16.5. The summed E-state index contributed by atoms with van der Waals surface area (Å²) in [5.41, 5.74) is 0.982. The normalized spacial score (nSPS) is 15.1. The van der Waals surface area contributed by atoms with E-state index in [-0.39, 0.29) is 17.6 Å². The summed E-state index contributed by atoms with van der Waals surface area (Å²) in [7, 11) is 0. The number of aromatic nitrogens is 4. The summed E-state index contributed by atoms with van der Waals surface area (Å²) in [4.78, 5) is 14.6. The number of morpholine rings is 1. The molecule has 2 aromatic heterocycles. The fourth-order valence-corrected chi connectivity index (χ4v) is 3.38. The van der Waals surface area contributed by atoms with Crippen molar-refractivity contribution >= 4 is 16.9 Å². The Kier molecular flexibility index (Phi) is 4.99. The van der Waals surface area contributed by atoms with Crippen LogP contribution in [0.1, 0.15) is 32.2 Å². The topological polar surface area (TPSA) is 95.5 Å². The number of fused-ring (bicyclic) bond motifs is 1. The van der Waals surface area contributed by atoms with Crippen molar-refractivity contribution in [1.82, 2.24) is 20.2 Å². The van der Waals surface area contributed by atoms with Gasteiger partial charge in [0.05, 0.1) is 24.1 Å². The number of anilines is 1. The zero-order valence-corrected chi connectivity index (χ0v) is 17.1. The standard InChI is InChI=1S/C20H25N5O4/c1-13-16(28-12-17-21-22-23-25(17)20(2,3)4)6-5-14-15(26)11-18(29-19(13)14)24-7-9-27-10-8-24/h5-6,11H,7-10,12H2,1-4H3. The first-order valence-corrected chi connectivity index (χ1v) is 9.65. The van der Waals surface area contributed by atoms with Gasteiger partial charge >= 0.3 is 0 Å². The Labute approximate surface area is 168 Å². The van der Waals surface area contributed by atoms with E-state index in [1.54, 1.807) is 22.9 Å². The minimum atomic E-state index is -0.250. The smallest absolute Gasteiger partial charge is 0.200 e. The van der Waals surface area contributed by atoms with E-state index < -0.39 is 0 Å². The van der Waals surface area contributed by atoms with Crippen LogP contribution in [-0.4, -0.2) is 46.5 Å². The fraction of sp³-hybridized carbons (Fsp3) is 0.500. The minimum absolute atomic E-state index is 0.0703. The van der Waals surface area contributed by atoms with Crippen LogP contribution in [0.2, 0.25) is 0 Å². The lowest BCUT2D eigenvalue weighted by Crippen LogP contribution is -2.36. The Morgan fingerprint density at radius 1 is 1.21 bits per heavy atom. The monoisotopic (exact) mass is 399 g/mol. The molecular weight excluding hydrogens is 374 g/mol. The Balaban J connectivity index is 1.65. The highest BCUT2D eigenvalue weighted by Crippen LogP contribution is 2.29. The van der Waals surface area contributed by atoms with Crippen LogP contribution >= 0.6 is 0 Å². The summed E-state index contributed by atoms with van der Waals surface area (Å²) >= 11 is 0. The van der Waals surface area contributed by atoms with E-state index in [9.17, 15) is 4.79 Å². The van der Waals surface area contributed by atoms with Gasteiger partial charge in [-0.2, -0.15) is 0 Å². The highest BCUT2D eigenvalue weighted by Gasteiger charge is 2.21. The van der Waals surface area contributed by atoms with Gasteiger partial charge in [0.15, 0.2) is 17.1 Å². The lowest BCUT2D eigenvalue weighted by Gasteiger charge is -2.27. The van der Waals surface area contributed by atoms with Crippen LogP contribution in [0, 0.1) is 6.92 Å². The average molecular weight is 399 g/mol. The second kappa shape index (κ2) is 7.47. The third-order valence-electron chi connectivity index (χ3n) is 4.93. The molecule has 1 saturated heterocycles. The van der Waals surface area contributed by atoms with Gasteiger partial charge in [0.2, 0.25) is 0 Å². The summed E-state index contributed by atoms with van der Waals surface area (Å²) in [5, 5.41) is 12.4. The molecule has 29 heavy (non-hydrogen) atoms. The van der Waals surface area contributed by atoms with Gasteiger partial charge in [0.1, 0.15) is 17.9 Å². The molecule has 0 unspecified atom stereocenters. The number of hydrogen-bond acceptors (Lipinski definition) is 8. The molecule has 0 aliphatic carbocycles. The molecule has 4 rings (SSSR count). The molecule has 3 heterocycles. The van der Waals surface area contributed by atoms with Gasteiger partial charge in [-0.25, -0.2) is 4.68 Å². The SMILES string of the molecule is Cc1c(OCc2nnnn2C(C)(C)C)ccc2c(=O)cc(N3CCOCC3)oc12. The van der Waals surface area contributed by atoms with E-state index in [0.29, 0.717) is 54.7 Å². The molecule has 0 spiro atoms. The van der Waals surface area contributed by atoms with Crippen LogP contribution in [0.5, 0.6) is 5.75 Å². The van der Waals surface area contributed by atoms with Crippen molar-refractivity contribution in [1.29, 1.82) is 0 Å². The first-order chi connectivity index (χ1) is 13.8. The molecule has 0 bridgehead atoms. The van der Waals surface area contributed by atoms with E-state index in [4.69, 9.17) is 13.9 Å². The maximum Gasteiger partial charge on any atom is 0.200 e. The summed E-state index contributed by atoms with van der Waals surface area (Å²) in [6.45, 7) is 10.8. The number of tetrazole rings is 1. The summed E-state index contributed by atoms with van der Waals surface area (Å²) in [6, 6.07) is 5.07. The highest BCUT2D eigenvalue weighted by molar-refractivity contribution is 5.82. The molecular formula is C20H25N5O4. The van der Waals surface area contributed by atoms with Crippen molar-refractivity contribution in [3.8, 4) is 5.75 Å². The second-order valence-corrected chi connectivity index (χ2v) is 8.08. The Hall–Kier alpha value is -2.94. The molecule has 3 aromatic rings. The largest absolute Gasteiger partial charge is 0.485 e. The first kappa shape index (κ1) is 19.4. The van der Waals surface area contributed by atoms with E-state index in [1.165, 1.54) is 0 Å². The molecule has 154 valence electrons. The van der Waals surface area contributed by atoms with Gasteiger partial charge < -0.3 is 18.8 Å². The molecule has 9 heteroatoms. The number of hydrogen-bond donors (Lipinski definition) is 0. The van der Waals surface area contributed by atoms with E-state index in [1.807, 2.05) is 32.6 Å². The van der Waals surface area contributed by atoms with Crippen molar-refractivity contribution in [2.45, 2.75) is 39.8 Å². The quantitative estimate of drug-likeness (QED) is 0.659. The van der Waals surface area contributed by atoms with E-state index in [2.05, 4.69) is 15.5 Å². The molecule has 1 fully saturated rings.